The van der Waals surface area contributed by atoms with E-state index >= 15 is 0 Å². The third-order valence-corrected chi connectivity index (χ3v) is 4.63. The number of likely N-dealkylation sites (N-methyl/N-ethyl adjacent to an activating group) is 1. The molecule has 1 fully saturated rings. The van der Waals surface area contributed by atoms with E-state index in [1.807, 2.05) is 17.6 Å². The van der Waals surface area contributed by atoms with Crippen LogP contribution in [0.1, 0.15) is 25.0 Å². The van der Waals surface area contributed by atoms with E-state index in [0.717, 1.165) is 30.7 Å². The molecule has 0 radical (unpaired) electrons. The van der Waals surface area contributed by atoms with Crippen molar-refractivity contribution in [2.45, 2.75) is 31.9 Å². The fraction of sp³-hybridized carbons (Fsp3) is 0.667. The number of rotatable bonds is 2. The van der Waals surface area contributed by atoms with Crippen molar-refractivity contribution in [3.8, 4) is 0 Å². The molecule has 0 spiro atoms. The summed E-state index contributed by atoms with van der Waals surface area (Å²) in [6.45, 7) is 5.63. The summed E-state index contributed by atoms with van der Waals surface area (Å²) in [6.07, 6.45) is 0.929. The number of hydrogen-bond donors (Lipinski definition) is 1. The van der Waals surface area contributed by atoms with E-state index < -0.39 is 0 Å². The molecule has 2 bridgehead atoms. The number of nitrogens with zero attached hydrogens (tertiary/aromatic N) is 2. The lowest BCUT2D eigenvalue weighted by atomic mass is 9.82. The van der Waals surface area contributed by atoms with Gasteiger partial charge in [-0.15, -0.1) is 0 Å². The summed E-state index contributed by atoms with van der Waals surface area (Å²) < 4.78 is 2.89. The Kier molecular flexibility index (Phi) is 3.02. The molecule has 1 saturated heterocycles. The van der Waals surface area contributed by atoms with Gasteiger partial charge in [0.05, 0.1) is 20.1 Å². The van der Waals surface area contributed by atoms with E-state index in [2.05, 4.69) is 13.1 Å². The predicted octanol–water partition coefficient (Wildman–Crippen LogP) is 0.793. The molecule has 0 unspecified atom stereocenters. The van der Waals surface area contributed by atoms with Gasteiger partial charge < -0.3 is 14.2 Å². The molecule has 0 amide bonds. The van der Waals surface area contributed by atoms with Crippen LogP contribution in [-0.2, 0) is 6.54 Å². The van der Waals surface area contributed by atoms with Gasteiger partial charge in [-0.3, -0.25) is 4.79 Å². The van der Waals surface area contributed by atoms with Crippen LogP contribution in [0.5, 0.6) is 0 Å². The zero-order valence-corrected chi connectivity index (χ0v) is 11.7. The Morgan fingerprint density at radius 1 is 1.47 bits per heavy atom. The van der Waals surface area contributed by atoms with E-state index in [1.165, 1.54) is 12.1 Å². The Morgan fingerprint density at radius 3 is 3.00 bits per heavy atom. The Balaban J connectivity index is 1.94. The number of pyridine rings is 1. The van der Waals surface area contributed by atoms with Crippen LogP contribution in [0.3, 0.4) is 0 Å². The molecule has 3 heterocycles. The Bertz CT molecular complexity index is 537. The zero-order chi connectivity index (χ0) is 13.6. The number of piperidine rings is 1. The van der Waals surface area contributed by atoms with Gasteiger partial charge in [0.25, 0.3) is 5.56 Å². The number of aromatic nitrogens is 1. The van der Waals surface area contributed by atoms with Crippen molar-refractivity contribution in [1.82, 2.24) is 4.57 Å². The third kappa shape index (κ3) is 2.35. The molecule has 104 valence electrons. The average Bonchev–Trinajstić information content (AvgIpc) is 2.28. The smallest absolute Gasteiger partial charge is 0.250 e. The lowest BCUT2D eigenvalue weighted by Gasteiger charge is -2.48. The van der Waals surface area contributed by atoms with E-state index in [0.29, 0.717) is 11.8 Å². The van der Waals surface area contributed by atoms with Gasteiger partial charge in [0.1, 0.15) is 12.6 Å². The van der Waals surface area contributed by atoms with Crippen LogP contribution in [0.25, 0.3) is 0 Å². The lowest BCUT2D eigenvalue weighted by molar-refractivity contribution is -0.922. The first-order valence-electron chi connectivity index (χ1n) is 7.18. The van der Waals surface area contributed by atoms with Gasteiger partial charge in [0.2, 0.25) is 0 Å². The Hall–Kier alpha value is -1.13. The van der Waals surface area contributed by atoms with Crippen molar-refractivity contribution in [3.63, 3.8) is 0 Å². The molecule has 2 aliphatic heterocycles. The maximum Gasteiger partial charge on any atom is 0.250 e. The van der Waals surface area contributed by atoms with Gasteiger partial charge in [-0.2, -0.15) is 0 Å². The second-order valence-corrected chi connectivity index (χ2v) is 6.71. The predicted molar refractivity (Wildman–Crippen MR) is 74.0 cm³/mol. The van der Waals surface area contributed by atoms with E-state index in [-0.39, 0.29) is 11.7 Å². The van der Waals surface area contributed by atoms with Crippen molar-refractivity contribution < 1.29 is 9.59 Å². The second kappa shape index (κ2) is 4.46. The zero-order valence-electron chi connectivity index (χ0n) is 11.7. The minimum Gasteiger partial charge on any atom is -0.388 e. The van der Waals surface area contributed by atoms with Crippen LogP contribution in [0.4, 0.5) is 0 Å². The van der Waals surface area contributed by atoms with Gasteiger partial charge in [-0.05, 0) is 19.4 Å². The van der Waals surface area contributed by atoms with Crippen LogP contribution < -0.4 is 5.56 Å². The van der Waals surface area contributed by atoms with Crippen molar-refractivity contribution >= 4 is 0 Å². The Morgan fingerprint density at radius 2 is 2.26 bits per heavy atom. The normalized spacial score (nSPS) is 34.7. The number of quaternary nitrogens is 1. The van der Waals surface area contributed by atoms with Crippen LogP contribution in [0.15, 0.2) is 23.0 Å². The minimum atomic E-state index is -0.262. The van der Waals surface area contributed by atoms with Gasteiger partial charge >= 0.3 is 0 Å². The fourth-order valence-electron chi connectivity index (χ4n) is 4.26. The topological polar surface area (TPSA) is 42.2 Å². The summed E-state index contributed by atoms with van der Waals surface area (Å²) >= 11 is 0. The van der Waals surface area contributed by atoms with Crippen molar-refractivity contribution in [1.29, 1.82) is 0 Å². The highest BCUT2D eigenvalue weighted by molar-refractivity contribution is 5.15. The average molecular weight is 263 g/mol. The maximum absolute atomic E-state index is 12.0. The highest BCUT2D eigenvalue weighted by atomic mass is 16.3. The number of likely N-dealkylation sites (tertiary alicyclic amines) is 1. The number of fused-ring (bicyclic) bond motifs is 4. The monoisotopic (exact) mass is 263 g/mol. The first-order chi connectivity index (χ1) is 8.97. The van der Waals surface area contributed by atoms with Crippen molar-refractivity contribution in [3.05, 3.63) is 34.2 Å². The summed E-state index contributed by atoms with van der Waals surface area (Å²) in [5, 5.41) is 9.70. The standard InChI is InChI=1S/C15H23N2O2/c1-11(18)8-17(2)9-12-6-13(10-17)14-4-3-5-15(19)16(14)7-12/h3-5,11-13,18H,6-10H2,1-2H3/q+1/t11-,12-,13-,17+/m1/s1. The van der Waals surface area contributed by atoms with Crippen LogP contribution in [-0.4, -0.2) is 46.9 Å². The molecule has 1 N–H and O–H groups in total. The summed E-state index contributed by atoms with van der Waals surface area (Å²) in [5.74, 6) is 1.03. The summed E-state index contributed by atoms with van der Waals surface area (Å²) in [4.78, 5) is 12.0. The molecule has 0 aliphatic carbocycles. The van der Waals surface area contributed by atoms with Crippen molar-refractivity contribution in [2.75, 3.05) is 26.7 Å². The molecule has 0 aromatic carbocycles. The molecule has 4 atom stereocenters. The van der Waals surface area contributed by atoms with Gasteiger partial charge in [-0.25, -0.2) is 0 Å². The number of aliphatic hydroxyl groups is 1. The summed E-state index contributed by atoms with van der Waals surface area (Å²) in [6, 6.07) is 5.64. The van der Waals surface area contributed by atoms with Crippen LogP contribution in [0, 0.1) is 5.92 Å². The first kappa shape index (κ1) is 12.9. The molecule has 1 aromatic rings. The van der Waals surface area contributed by atoms with Crippen LogP contribution in [0.2, 0.25) is 0 Å². The largest absolute Gasteiger partial charge is 0.388 e. The van der Waals surface area contributed by atoms with E-state index in [1.54, 1.807) is 6.07 Å². The molecule has 2 aliphatic rings. The third-order valence-electron chi connectivity index (χ3n) is 4.63. The highest BCUT2D eigenvalue weighted by Crippen LogP contribution is 2.37. The van der Waals surface area contributed by atoms with Gasteiger partial charge in [-0.1, -0.05) is 6.07 Å². The van der Waals surface area contributed by atoms with Gasteiger partial charge in [0, 0.05) is 30.1 Å². The number of aliphatic hydroxyl groups excluding tert-OH is 1. The lowest BCUT2D eigenvalue weighted by Crippen LogP contribution is -2.59. The maximum atomic E-state index is 12.0. The Labute approximate surface area is 113 Å². The first-order valence-corrected chi connectivity index (χ1v) is 7.18. The second-order valence-electron chi connectivity index (χ2n) is 6.71. The van der Waals surface area contributed by atoms with Gasteiger partial charge in [0.15, 0.2) is 0 Å². The van der Waals surface area contributed by atoms with Crippen molar-refractivity contribution in [2.24, 2.45) is 5.92 Å². The molecule has 1 aromatic heterocycles. The SMILES string of the molecule is C[C@@H](O)C[N@@+]1(C)C[C@@H]2C[C@H](C1)c1cccc(=O)n1C2. The minimum absolute atomic E-state index is 0.138. The van der Waals surface area contributed by atoms with E-state index in [9.17, 15) is 9.90 Å². The quantitative estimate of drug-likeness (QED) is 0.802. The fourth-order valence-corrected chi connectivity index (χ4v) is 4.26. The molecular formula is C15H23N2O2+. The molecule has 3 rings (SSSR count). The molecule has 0 saturated carbocycles. The molecule has 4 nitrogen and oxygen atoms in total. The molecule has 19 heavy (non-hydrogen) atoms. The highest BCUT2D eigenvalue weighted by Gasteiger charge is 2.42. The molecule has 4 heteroatoms. The summed E-state index contributed by atoms with van der Waals surface area (Å²) in [7, 11) is 2.24. The number of hydrogen-bond acceptors (Lipinski definition) is 2. The summed E-state index contributed by atoms with van der Waals surface area (Å²) in [5.41, 5.74) is 1.33. The molecular weight excluding hydrogens is 240 g/mol. The van der Waals surface area contributed by atoms with E-state index in [4.69, 9.17) is 0 Å². The van der Waals surface area contributed by atoms with Crippen LogP contribution >= 0.6 is 0 Å².